The summed E-state index contributed by atoms with van der Waals surface area (Å²) >= 11 is 0. The Kier molecular flexibility index (Phi) is 3.22. The topological polar surface area (TPSA) is 83.6 Å². The molecule has 0 spiro atoms. The second-order valence-electron chi connectivity index (χ2n) is 3.27. The van der Waals surface area contributed by atoms with Gasteiger partial charge in [-0.15, -0.1) is 10.2 Å². The molecular weight excluding hydrogens is 206 g/mol. The van der Waals surface area contributed by atoms with Crippen molar-refractivity contribution in [2.24, 2.45) is 0 Å². The number of amides is 1. The molecule has 0 saturated carbocycles. The van der Waals surface area contributed by atoms with Crippen LogP contribution >= 0.6 is 0 Å². The third kappa shape index (κ3) is 2.88. The lowest BCUT2D eigenvalue weighted by Crippen LogP contribution is -2.24. The molecule has 0 radical (unpaired) electrons. The minimum atomic E-state index is -0.120. The Morgan fingerprint density at radius 2 is 2.12 bits per heavy atom. The molecule has 82 valence electrons. The molecule has 0 unspecified atom stereocenters. The Hall–Kier alpha value is -2.24. The smallest absolute Gasteiger partial charge is 0.228 e. The number of carbonyl (C=O) groups excluding carboxylic acids is 1. The van der Waals surface area contributed by atoms with Gasteiger partial charge in [-0.25, -0.2) is 0 Å². The Morgan fingerprint density at radius 3 is 2.81 bits per heavy atom. The second-order valence-corrected chi connectivity index (χ2v) is 3.27. The predicted octanol–water partition coefficient (Wildman–Crippen LogP) is 0.0586. The Labute approximate surface area is 92.1 Å². The number of H-pyrrole nitrogens is 1. The molecule has 1 heterocycles. The van der Waals surface area contributed by atoms with Gasteiger partial charge in [0.1, 0.15) is 0 Å². The molecule has 0 atom stereocenters. The second kappa shape index (κ2) is 5.01. The van der Waals surface area contributed by atoms with Crippen LogP contribution < -0.4 is 5.32 Å². The van der Waals surface area contributed by atoms with Gasteiger partial charge in [0.05, 0.1) is 6.42 Å². The van der Waals surface area contributed by atoms with E-state index in [0.717, 1.165) is 5.56 Å². The molecule has 1 aromatic heterocycles. The Morgan fingerprint density at radius 1 is 1.31 bits per heavy atom. The van der Waals surface area contributed by atoms with Gasteiger partial charge < -0.3 is 5.32 Å². The summed E-state index contributed by atoms with van der Waals surface area (Å²) in [5.41, 5.74) is 1.06. The quantitative estimate of drug-likeness (QED) is 0.758. The van der Waals surface area contributed by atoms with E-state index < -0.39 is 0 Å². The molecule has 2 rings (SSSR count). The summed E-state index contributed by atoms with van der Waals surface area (Å²) in [6, 6.07) is 9.70. The molecule has 0 aliphatic rings. The number of nitrogens with zero attached hydrogens (tertiary/aromatic N) is 3. The van der Waals surface area contributed by atoms with E-state index in [1.54, 1.807) is 0 Å². The lowest BCUT2D eigenvalue weighted by Gasteiger charge is -2.02. The maximum absolute atomic E-state index is 11.5. The van der Waals surface area contributed by atoms with Gasteiger partial charge in [0.2, 0.25) is 5.91 Å². The number of carbonyl (C=O) groups is 1. The highest BCUT2D eigenvalue weighted by atomic mass is 16.1. The summed E-state index contributed by atoms with van der Waals surface area (Å²) < 4.78 is 0. The van der Waals surface area contributed by atoms with Crippen molar-refractivity contribution in [1.82, 2.24) is 25.9 Å². The fourth-order valence-corrected chi connectivity index (χ4v) is 1.26. The van der Waals surface area contributed by atoms with E-state index in [4.69, 9.17) is 0 Å². The molecule has 16 heavy (non-hydrogen) atoms. The van der Waals surface area contributed by atoms with E-state index in [-0.39, 0.29) is 12.3 Å². The highest BCUT2D eigenvalue weighted by Crippen LogP contribution is 1.97. The largest absolute Gasteiger partial charge is 0.352 e. The van der Waals surface area contributed by atoms with Crippen molar-refractivity contribution >= 4 is 5.91 Å². The van der Waals surface area contributed by atoms with Gasteiger partial charge >= 0.3 is 0 Å². The number of rotatable bonds is 4. The van der Waals surface area contributed by atoms with Crippen LogP contribution in [-0.4, -0.2) is 26.5 Å². The molecule has 0 aliphatic carbocycles. The van der Waals surface area contributed by atoms with Crippen LogP contribution in [-0.2, 0) is 17.8 Å². The van der Waals surface area contributed by atoms with E-state index in [9.17, 15) is 4.79 Å². The van der Waals surface area contributed by atoms with Gasteiger partial charge in [0.25, 0.3) is 0 Å². The molecule has 0 bridgehead atoms. The van der Waals surface area contributed by atoms with E-state index in [1.807, 2.05) is 30.3 Å². The van der Waals surface area contributed by atoms with Gasteiger partial charge in [-0.3, -0.25) is 4.79 Å². The van der Waals surface area contributed by atoms with Crippen molar-refractivity contribution in [3.8, 4) is 0 Å². The predicted molar refractivity (Wildman–Crippen MR) is 56.2 cm³/mol. The molecule has 2 N–H and O–H groups in total. The van der Waals surface area contributed by atoms with Crippen molar-refractivity contribution in [3.63, 3.8) is 0 Å². The van der Waals surface area contributed by atoms with Crippen LogP contribution in [0.5, 0.6) is 0 Å². The SMILES string of the molecule is O=C(Cc1nn[nH]n1)NCc1ccccc1. The zero-order chi connectivity index (χ0) is 11.2. The number of aromatic amines is 1. The van der Waals surface area contributed by atoms with Gasteiger partial charge in [-0.05, 0) is 5.56 Å². The normalized spacial score (nSPS) is 10.0. The molecular formula is C10H11N5O. The highest BCUT2D eigenvalue weighted by molar-refractivity contribution is 5.77. The Bertz CT molecular complexity index is 439. The minimum Gasteiger partial charge on any atom is -0.352 e. The van der Waals surface area contributed by atoms with Crippen molar-refractivity contribution in [2.45, 2.75) is 13.0 Å². The molecule has 0 aliphatic heterocycles. The monoisotopic (exact) mass is 217 g/mol. The van der Waals surface area contributed by atoms with Crippen molar-refractivity contribution in [1.29, 1.82) is 0 Å². The Balaban J connectivity index is 1.80. The number of nitrogens with one attached hydrogen (secondary N) is 2. The summed E-state index contributed by atoms with van der Waals surface area (Å²) in [4.78, 5) is 11.5. The van der Waals surface area contributed by atoms with Crippen LogP contribution in [0.3, 0.4) is 0 Å². The van der Waals surface area contributed by atoms with E-state index in [1.165, 1.54) is 0 Å². The van der Waals surface area contributed by atoms with Crippen LogP contribution in [0.25, 0.3) is 0 Å². The summed E-state index contributed by atoms with van der Waals surface area (Å²) in [5.74, 6) is 0.274. The average Bonchev–Trinajstić information content (AvgIpc) is 2.81. The van der Waals surface area contributed by atoms with Gasteiger partial charge in [-0.2, -0.15) is 5.21 Å². The van der Waals surface area contributed by atoms with E-state index in [0.29, 0.717) is 12.4 Å². The number of tetrazole rings is 1. The van der Waals surface area contributed by atoms with Crippen LogP contribution in [0.2, 0.25) is 0 Å². The zero-order valence-corrected chi connectivity index (χ0v) is 8.55. The first kappa shape index (κ1) is 10.3. The van der Waals surface area contributed by atoms with Crippen molar-refractivity contribution in [3.05, 3.63) is 41.7 Å². The minimum absolute atomic E-state index is 0.120. The first-order valence-electron chi connectivity index (χ1n) is 4.87. The molecule has 1 amide bonds. The van der Waals surface area contributed by atoms with E-state index in [2.05, 4.69) is 25.9 Å². The number of benzene rings is 1. The average molecular weight is 217 g/mol. The maximum Gasteiger partial charge on any atom is 0.228 e. The first-order valence-corrected chi connectivity index (χ1v) is 4.87. The van der Waals surface area contributed by atoms with E-state index >= 15 is 0 Å². The lowest BCUT2D eigenvalue weighted by molar-refractivity contribution is -0.120. The van der Waals surface area contributed by atoms with Crippen LogP contribution in [0.1, 0.15) is 11.4 Å². The third-order valence-electron chi connectivity index (χ3n) is 2.04. The highest BCUT2D eigenvalue weighted by Gasteiger charge is 2.06. The number of hydrogen-bond acceptors (Lipinski definition) is 4. The zero-order valence-electron chi connectivity index (χ0n) is 8.55. The van der Waals surface area contributed by atoms with Crippen LogP contribution in [0, 0.1) is 0 Å². The molecule has 6 heteroatoms. The van der Waals surface area contributed by atoms with Gasteiger partial charge in [0, 0.05) is 6.54 Å². The summed E-state index contributed by atoms with van der Waals surface area (Å²) in [7, 11) is 0. The fourth-order valence-electron chi connectivity index (χ4n) is 1.26. The number of hydrogen-bond donors (Lipinski definition) is 2. The summed E-state index contributed by atoms with van der Waals surface area (Å²) in [6.07, 6.45) is 0.142. The van der Waals surface area contributed by atoms with Gasteiger partial charge in [0.15, 0.2) is 5.82 Å². The van der Waals surface area contributed by atoms with Gasteiger partial charge in [-0.1, -0.05) is 35.5 Å². The first-order chi connectivity index (χ1) is 7.84. The van der Waals surface area contributed by atoms with Crippen molar-refractivity contribution in [2.75, 3.05) is 0 Å². The van der Waals surface area contributed by atoms with Crippen LogP contribution in [0.4, 0.5) is 0 Å². The van der Waals surface area contributed by atoms with Crippen molar-refractivity contribution < 1.29 is 4.79 Å². The maximum atomic E-state index is 11.5. The summed E-state index contributed by atoms with van der Waals surface area (Å²) in [6.45, 7) is 0.511. The molecule has 0 fully saturated rings. The van der Waals surface area contributed by atoms with Crippen LogP contribution in [0.15, 0.2) is 30.3 Å². The fraction of sp³-hybridized carbons (Fsp3) is 0.200. The lowest BCUT2D eigenvalue weighted by atomic mass is 10.2. The standard InChI is InChI=1S/C10H11N5O/c16-10(6-9-12-14-15-13-9)11-7-8-4-2-1-3-5-8/h1-5H,6-7H2,(H,11,16)(H,12,13,14,15). The molecule has 2 aromatic rings. The third-order valence-corrected chi connectivity index (χ3v) is 2.04. The molecule has 1 aromatic carbocycles. The molecule has 6 nitrogen and oxygen atoms in total. The molecule has 0 saturated heterocycles. The summed E-state index contributed by atoms with van der Waals surface area (Å²) in [5, 5.41) is 15.9. The number of aromatic nitrogens is 4.